The predicted octanol–water partition coefficient (Wildman–Crippen LogP) is 4.99. The maximum absolute atomic E-state index is 12.4. The molecule has 30 heavy (non-hydrogen) atoms. The highest BCUT2D eigenvalue weighted by Crippen LogP contribution is 2.37. The summed E-state index contributed by atoms with van der Waals surface area (Å²) < 4.78 is 41.0. The van der Waals surface area contributed by atoms with Gasteiger partial charge in [0.1, 0.15) is 23.6 Å². The number of furan rings is 1. The Labute approximate surface area is 170 Å². The first-order valence-corrected chi connectivity index (χ1v) is 9.36. The van der Waals surface area contributed by atoms with E-state index in [1.165, 1.54) is 12.1 Å². The maximum atomic E-state index is 12.4. The van der Waals surface area contributed by atoms with Gasteiger partial charge in [0, 0.05) is 42.2 Å². The van der Waals surface area contributed by atoms with Crippen LogP contribution in [0.15, 0.2) is 59.3 Å². The Kier molecular flexibility index (Phi) is 4.46. The molecule has 0 atom stereocenters. The van der Waals surface area contributed by atoms with E-state index in [-0.39, 0.29) is 5.75 Å². The minimum Gasteiger partial charge on any atom is -0.488 e. The largest absolute Gasteiger partial charge is 0.488 e. The van der Waals surface area contributed by atoms with Crippen molar-refractivity contribution in [3.8, 4) is 33.9 Å². The van der Waals surface area contributed by atoms with Crippen LogP contribution in [0.2, 0.25) is 0 Å². The van der Waals surface area contributed by atoms with Gasteiger partial charge in [0.25, 0.3) is 0 Å². The Morgan fingerprint density at radius 2 is 1.90 bits per heavy atom. The van der Waals surface area contributed by atoms with Crippen LogP contribution in [0.1, 0.15) is 0 Å². The van der Waals surface area contributed by atoms with Crippen molar-refractivity contribution in [1.29, 1.82) is 0 Å². The first kappa shape index (κ1) is 18.4. The van der Waals surface area contributed by atoms with Gasteiger partial charge in [0.2, 0.25) is 0 Å². The molecule has 0 amide bonds. The van der Waals surface area contributed by atoms with Crippen molar-refractivity contribution in [3.05, 3.63) is 54.9 Å². The van der Waals surface area contributed by atoms with E-state index in [0.717, 1.165) is 34.8 Å². The lowest BCUT2D eigenvalue weighted by Gasteiger charge is -2.26. The molecule has 0 saturated carbocycles. The van der Waals surface area contributed by atoms with E-state index in [1.54, 1.807) is 24.5 Å². The van der Waals surface area contributed by atoms with Crippen molar-refractivity contribution < 1.29 is 22.7 Å². The number of anilines is 1. The van der Waals surface area contributed by atoms with Crippen LogP contribution in [-0.4, -0.2) is 36.8 Å². The fourth-order valence-electron chi connectivity index (χ4n) is 3.48. The summed E-state index contributed by atoms with van der Waals surface area (Å²) in [6.45, 7) is -1.46. The van der Waals surface area contributed by atoms with Crippen molar-refractivity contribution >= 4 is 16.9 Å². The second kappa shape index (κ2) is 7.29. The fraction of sp³-hybridized carbons (Fsp3) is 0.182. The molecule has 0 unspecified atom stereocenters. The van der Waals surface area contributed by atoms with Crippen LogP contribution in [0.4, 0.5) is 14.6 Å². The lowest BCUT2D eigenvalue weighted by atomic mass is 10.1. The van der Waals surface area contributed by atoms with Gasteiger partial charge in [-0.15, -0.1) is 0 Å². The van der Waals surface area contributed by atoms with Gasteiger partial charge in [0.05, 0.1) is 6.54 Å². The topological polar surface area (TPSA) is 60.6 Å². The average molecular weight is 409 g/mol. The van der Waals surface area contributed by atoms with Crippen LogP contribution in [-0.2, 0) is 0 Å². The summed E-state index contributed by atoms with van der Waals surface area (Å²) in [4.78, 5) is 11.0. The number of pyridine rings is 2. The van der Waals surface area contributed by atoms with Gasteiger partial charge < -0.3 is 18.8 Å². The number of likely N-dealkylation sites (N-methyl/N-ethyl adjacent to an activating group) is 1. The molecular formula is C22H17F2N3O3. The molecule has 152 valence electrons. The predicted molar refractivity (Wildman–Crippen MR) is 108 cm³/mol. The molecular weight excluding hydrogens is 392 g/mol. The summed E-state index contributed by atoms with van der Waals surface area (Å²) in [6.07, 6.45) is 3.50. The van der Waals surface area contributed by atoms with Gasteiger partial charge >= 0.3 is 6.61 Å². The highest BCUT2D eigenvalue weighted by molar-refractivity contribution is 5.92. The van der Waals surface area contributed by atoms with Crippen molar-refractivity contribution in [3.63, 3.8) is 0 Å². The van der Waals surface area contributed by atoms with E-state index >= 15 is 0 Å². The highest BCUT2D eigenvalue weighted by atomic mass is 19.3. The zero-order valence-corrected chi connectivity index (χ0v) is 16.0. The van der Waals surface area contributed by atoms with Crippen molar-refractivity contribution in [2.24, 2.45) is 0 Å². The van der Waals surface area contributed by atoms with E-state index in [9.17, 15) is 8.78 Å². The van der Waals surface area contributed by atoms with Crippen molar-refractivity contribution in [2.75, 3.05) is 25.1 Å². The lowest BCUT2D eigenvalue weighted by Crippen LogP contribution is -2.29. The van der Waals surface area contributed by atoms with Crippen LogP contribution < -0.4 is 14.4 Å². The maximum Gasteiger partial charge on any atom is 0.387 e. The van der Waals surface area contributed by atoms with Crippen molar-refractivity contribution in [2.45, 2.75) is 6.61 Å². The third-order valence-corrected chi connectivity index (χ3v) is 4.97. The van der Waals surface area contributed by atoms with Crippen LogP contribution >= 0.6 is 0 Å². The SMILES string of the molecule is CN1CCOc2cc(-c3ccnc4cc(-c5ccc(OC(F)F)cc5)oc34)cnc21. The van der Waals surface area contributed by atoms with Gasteiger partial charge in [0.15, 0.2) is 17.2 Å². The van der Waals surface area contributed by atoms with E-state index in [1.807, 2.05) is 25.2 Å². The Morgan fingerprint density at radius 3 is 2.70 bits per heavy atom. The minimum atomic E-state index is -2.86. The standard InChI is InChI=1S/C22H17F2N3O3/c1-27-8-9-28-19-10-14(12-26-21(19)27)16-6-7-25-17-11-18(30-20(16)17)13-2-4-15(5-3-13)29-22(23)24/h2-7,10-12,22H,8-9H2,1H3. The first-order valence-electron chi connectivity index (χ1n) is 9.36. The molecule has 4 heterocycles. The zero-order chi connectivity index (χ0) is 20.7. The molecule has 0 radical (unpaired) electrons. The number of ether oxygens (including phenoxy) is 2. The Bertz CT molecular complexity index is 1210. The third-order valence-electron chi connectivity index (χ3n) is 4.97. The highest BCUT2D eigenvalue weighted by Gasteiger charge is 2.19. The summed E-state index contributed by atoms with van der Waals surface area (Å²) in [5.41, 5.74) is 3.74. The molecule has 8 heteroatoms. The van der Waals surface area contributed by atoms with E-state index in [2.05, 4.69) is 19.6 Å². The molecule has 1 aliphatic heterocycles. The van der Waals surface area contributed by atoms with E-state index in [4.69, 9.17) is 9.15 Å². The van der Waals surface area contributed by atoms with Gasteiger partial charge in [-0.2, -0.15) is 8.78 Å². The lowest BCUT2D eigenvalue weighted by molar-refractivity contribution is -0.0498. The molecule has 0 saturated heterocycles. The monoisotopic (exact) mass is 409 g/mol. The molecule has 0 bridgehead atoms. The zero-order valence-electron chi connectivity index (χ0n) is 16.0. The number of hydrogen-bond acceptors (Lipinski definition) is 6. The molecule has 0 spiro atoms. The minimum absolute atomic E-state index is 0.0915. The Hall–Kier alpha value is -3.68. The number of rotatable bonds is 4. The molecule has 5 rings (SSSR count). The molecule has 0 fully saturated rings. The number of nitrogens with zero attached hydrogens (tertiary/aromatic N) is 3. The number of fused-ring (bicyclic) bond motifs is 2. The van der Waals surface area contributed by atoms with Gasteiger partial charge in [-0.25, -0.2) is 4.98 Å². The van der Waals surface area contributed by atoms with E-state index in [0.29, 0.717) is 23.5 Å². The van der Waals surface area contributed by atoms with Gasteiger partial charge in [-0.1, -0.05) is 0 Å². The number of halogens is 2. The quantitative estimate of drug-likeness (QED) is 0.473. The normalized spacial score (nSPS) is 13.4. The Balaban J connectivity index is 1.53. The van der Waals surface area contributed by atoms with Crippen molar-refractivity contribution in [1.82, 2.24) is 9.97 Å². The third kappa shape index (κ3) is 3.30. The summed E-state index contributed by atoms with van der Waals surface area (Å²) in [6, 6.07) is 11.9. The molecule has 1 aliphatic rings. The fourth-order valence-corrected chi connectivity index (χ4v) is 3.48. The second-order valence-corrected chi connectivity index (χ2v) is 6.90. The molecule has 3 aromatic heterocycles. The molecule has 0 aliphatic carbocycles. The van der Waals surface area contributed by atoms with Crippen LogP contribution in [0, 0.1) is 0 Å². The molecule has 0 N–H and O–H groups in total. The molecule has 4 aromatic rings. The first-order chi connectivity index (χ1) is 14.6. The van der Waals surface area contributed by atoms with Gasteiger partial charge in [-0.05, 0) is 36.4 Å². The summed E-state index contributed by atoms with van der Waals surface area (Å²) >= 11 is 0. The number of benzene rings is 1. The Morgan fingerprint density at radius 1 is 1.07 bits per heavy atom. The van der Waals surface area contributed by atoms with E-state index < -0.39 is 6.61 Å². The van der Waals surface area contributed by atoms with Crippen LogP contribution in [0.25, 0.3) is 33.6 Å². The molecule has 6 nitrogen and oxygen atoms in total. The summed E-state index contributed by atoms with van der Waals surface area (Å²) in [7, 11) is 1.98. The smallest absolute Gasteiger partial charge is 0.387 e. The summed E-state index contributed by atoms with van der Waals surface area (Å²) in [5, 5.41) is 0. The number of hydrogen-bond donors (Lipinski definition) is 0. The second-order valence-electron chi connectivity index (χ2n) is 6.90. The number of alkyl halides is 2. The van der Waals surface area contributed by atoms with Crippen LogP contribution in [0.5, 0.6) is 11.5 Å². The van der Waals surface area contributed by atoms with Gasteiger partial charge in [-0.3, -0.25) is 4.98 Å². The average Bonchev–Trinajstić information content (AvgIpc) is 3.18. The van der Waals surface area contributed by atoms with Crippen LogP contribution in [0.3, 0.4) is 0 Å². The number of aromatic nitrogens is 2. The molecule has 1 aromatic carbocycles. The summed E-state index contributed by atoms with van der Waals surface area (Å²) in [5.74, 6) is 2.21.